The molecule has 1 heterocycles. The van der Waals surface area contributed by atoms with Gasteiger partial charge in [0.2, 0.25) is 0 Å². The van der Waals surface area contributed by atoms with Gasteiger partial charge in [0.15, 0.2) is 0 Å². The first-order valence-corrected chi connectivity index (χ1v) is 8.26. The number of ether oxygens (including phenoxy) is 1. The largest absolute Gasteiger partial charge is 0.497 e. The summed E-state index contributed by atoms with van der Waals surface area (Å²) in [6.07, 6.45) is 4.97. The molecule has 1 aliphatic heterocycles. The molecule has 1 aromatic rings. The number of carbonyl (C=O) groups is 1. The SMILES string of the molecule is CCCCC(c1cccc(OC)c1)N1CCC(C(=O)O)CC1. The number of likely N-dealkylation sites (tertiary alicyclic amines) is 1. The summed E-state index contributed by atoms with van der Waals surface area (Å²) < 4.78 is 5.35. The number of methoxy groups -OCH3 is 1. The lowest BCUT2D eigenvalue weighted by Gasteiger charge is -2.37. The van der Waals surface area contributed by atoms with E-state index < -0.39 is 5.97 Å². The van der Waals surface area contributed by atoms with Crippen molar-refractivity contribution in [1.29, 1.82) is 0 Å². The van der Waals surface area contributed by atoms with Crippen LogP contribution in [0.4, 0.5) is 0 Å². The van der Waals surface area contributed by atoms with Gasteiger partial charge in [-0.1, -0.05) is 31.9 Å². The number of carboxylic acid groups (broad SMARTS) is 1. The van der Waals surface area contributed by atoms with Crippen LogP contribution < -0.4 is 4.74 Å². The standard InChI is InChI=1S/C18H27NO3/c1-3-4-8-17(15-6-5-7-16(13-15)22-2)19-11-9-14(10-12-19)18(20)21/h5-7,13-14,17H,3-4,8-12H2,1-2H3,(H,20,21). The predicted octanol–water partition coefficient (Wildman–Crippen LogP) is 3.72. The van der Waals surface area contributed by atoms with Crippen molar-refractivity contribution in [3.63, 3.8) is 0 Å². The number of hydrogen-bond donors (Lipinski definition) is 1. The molecule has 1 aromatic carbocycles. The second-order valence-electron chi connectivity index (χ2n) is 6.08. The molecule has 122 valence electrons. The molecule has 22 heavy (non-hydrogen) atoms. The number of aliphatic carboxylic acids is 1. The molecule has 0 spiro atoms. The van der Waals surface area contributed by atoms with E-state index in [-0.39, 0.29) is 5.92 Å². The maximum atomic E-state index is 11.1. The zero-order valence-corrected chi connectivity index (χ0v) is 13.6. The highest BCUT2D eigenvalue weighted by Crippen LogP contribution is 2.32. The molecule has 4 heteroatoms. The van der Waals surface area contributed by atoms with Crippen molar-refractivity contribution in [2.45, 2.75) is 45.1 Å². The first kappa shape index (κ1) is 16.8. The molecule has 2 rings (SSSR count). The van der Waals surface area contributed by atoms with E-state index in [9.17, 15) is 4.79 Å². The van der Waals surface area contributed by atoms with Gasteiger partial charge in [0.05, 0.1) is 13.0 Å². The van der Waals surface area contributed by atoms with Gasteiger partial charge < -0.3 is 9.84 Å². The molecule has 1 fully saturated rings. The van der Waals surface area contributed by atoms with Gasteiger partial charge >= 0.3 is 5.97 Å². The van der Waals surface area contributed by atoms with Crippen molar-refractivity contribution in [2.75, 3.05) is 20.2 Å². The van der Waals surface area contributed by atoms with Crippen molar-refractivity contribution in [3.05, 3.63) is 29.8 Å². The maximum Gasteiger partial charge on any atom is 0.306 e. The molecule has 1 aliphatic rings. The number of carboxylic acids is 1. The lowest BCUT2D eigenvalue weighted by atomic mass is 9.92. The summed E-state index contributed by atoms with van der Waals surface area (Å²) in [5.74, 6) is 0.0685. The molecule has 0 amide bonds. The van der Waals surface area contributed by atoms with Gasteiger partial charge in [-0.15, -0.1) is 0 Å². The van der Waals surface area contributed by atoms with E-state index in [0.29, 0.717) is 6.04 Å². The molecule has 1 atom stereocenters. The van der Waals surface area contributed by atoms with Gasteiger partial charge in [-0.05, 0) is 50.0 Å². The van der Waals surface area contributed by atoms with Crippen LogP contribution in [0.25, 0.3) is 0 Å². The minimum atomic E-state index is -0.647. The van der Waals surface area contributed by atoms with Gasteiger partial charge in [0.25, 0.3) is 0 Å². The van der Waals surface area contributed by atoms with E-state index in [0.717, 1.165) is 38.1 Å². The van der Waals surface area contributed by atoms with Crippen molar-refractivity contribution in [2.24, 2.45) is 5.92 Å². The van der Waals surface area contributed by atoms with Gasteiger partial charge in [0.1, 0.15) is 5.75 Å². The van der Waals surface area contributed by atoms with E-state index in [2.05, 4.69) is 24.0 Å². The third-order valence-electron chi connectivity index (χ3n) is 4.63. The normalized spacial score (nSPS) is 18.1. The van der Waals surface area contributed by atoms with Crippen LogP contribution in [-0.2, 0) is 4.79 Å². The van der Waals surface area contributed by atoms with Gasteiger partial charge in [-0.3, -0.25) is 9.69 Å². The van der Waals surface area contributed by atoms with E-state index >= 15 is 0 Å². The van der Waals surface area contributed by atoms with Gasteiger partial charge in [0, 0.05) is 6.04 Å². The fourth-order valence-corrected chi connectivity index (χ4v) is 3.26. The Hall–Kier alpha value is -1.55. The minimum absolute atomic E-state index is 0.173. The number of rotatable bonds is 7. The first-order valence-electron chi connectivity index (χ1n) is 8.26. The average molecular weight is 305 g/mol. The zero-order chi connectivity index (χ0) is 15.9. The van der Waals surface area contributed by atoms with Crippen LogP contribution in [0.3, 0.4) is 0 Å². The summed E-state index contributed by atoms with van der Waals surface area (Å²) in [4.78, 5) is 13.6. The van der Waals surface area contributed by atoms with E-state index in [1.54, 1.807) is 7.11 Å². The molecule has 4 nitrogen and oxygen atoms in total. The van der Waals surface area contributed by atoms with Crippen LogP contribution in [0.1, 0.15) is 50.6 Å². The molecule has 0 saturated carbocycles. The van der Waals surface area contributed by atoms with Gasteiger partial charge in [-0.2, -0.15) is 0 Å². The molecule has 1 saturated heterocycles. The molecular formula is C18H27NO3. The Kier molecular flexibility index (Phi) is 6.25. The third-order valence-corrected chi connectivity index (χ3v) is 4.63. The van der Waals surface area contributed by atoms with Crippen LogP contribution in [-0.4, -0.2) is 36.2 Å². The molecule has 0 aromatic heterocycles. The summed E-state index contributed by atoms with van der Waals surface area (Å²) in [6, 6.07) is 8.65. The highest BCUT2D eigenvalue weighted by atomic mass is 16.5. The second kappa shape index (κ2) is 8.18. The van der Waals surface area contributed by atoms with Crippen LogP contribution in [0.2, 0.25) is 0 Å². The number of benzene rings is 1. The molecule has 1 N–H and O–H groups in total. The maximum absolute atomic E-state index is 11.1. The van der Waals surface area contributed by atoms with Crippen LogP contribution >= 0.6 is 0 Å². The molecule has 1 unspecified atom stereocenters. The Morgan fingerprint density at radius 1 is 1.41 bits per heavy atom. The number of nitrogens with zero attached hydrogens (tertiary/aromatic N) is 1. The highest BCUT2D eigenvalue weighted by molar-refractivity contribution is 5.70. The van der Waals surface area contributed by atoms with E-state index in [1.807, 2.05) is 12.1 Å². The molecule has 0 bridgehead atoms. The average Bonchev–Trinajstić information content (AvgIpc) is 2.56. The fraction of sp³-hybridized carbons (Fsp3) is 0.611. The summed E-state index contributed by atoms with van der Waals surface area (Å²) in [7, 11) is 1.69. The number of piperidine rings is 1. The zero-order valence-electron chi connectivity index (χ0n) is 13.6. The van der Waals surface area contributed by atoms with Crippen LogP contribution in [0.5, 0.6) is 5.75 Å². The molecular weight excluding hydrogens is 278 g/mol. The summed E-state index contributed by atoms with van der Waals surface area (Å²) in [5.41, 5.74) is 1.28. The quantitative estimate of drug-likeness (QED) is 0.834. The Labute approximate surface area is 133 Å². The lowest BCUT2D eigenvalue weighted by Crippen LogP contribution is -2.38. The third kappa shape index (κ3) is 4.23. The Morgan fingerprint density at radius 3 is 2.73 bits per heavy atom. The van der Waals surface area contributed by atoms with Crippen molar-refractivity contribution >= 4 is 5.97 Å². The number of unbranched alkanes of at least 4 members (excludes halogenated alkanes) is 1. The van der Waals surface area contributed by atoms with Gasteiger partial charge in [-0.25, -0.2) is 0 Å². The van der Waals surface area contributed by atoms with Crippen molar-refractivity contribution in [3.8, 4) is 5.75 Å². The molecule has 0 aliphatic carbocycles. The topological polar surface area (TPSA) is 49.8 Å². The van der Waals surface area contributed by atoms with E-state index in [1.165, 1.54) is 18.4 Å². The Bertz CT molecular complexity index is 481. The monoisotopic (exact) mass is 305 g/mol. The minimum Gasteiger partial charge on any atom is -0.497 e. The number of hydrogen-bond acceptors (Lipinski definition) is 3. The highest BCUT2D eigenvalue weighted by Gasteiger charge is 2.29. The van der Waals surface area contributed by atoms with Crippen molar-refractivity contribution in [1.82, 2.24) is 4.90 Å². The van der Waals surface area contributed by atoms with Crippen LogP contribution in [0, 0.1) is 5.92 Å². The van der Waals surface area contributed by atoms with E-state index in [4.69, 9.17) is 9.84 Å². The fourth-order valence-electron chi connectivity index (χ4n) is 3.26. The van der Waals surface area contributed by atoms with Crippen LogP contribution in [0.15, 0.2) is 24.3 Å². The Morgan fingerprint density at radius 2 is 2.14 bits per heavy atom. The summed E-state index contributed by atoms with van der Waals surface area (Å²) in [5, 5.41) is 9.15. The summed E-state index contributed by atoms with van der Waals surface area (Å²) >= 11 is 0. The summed E-state index contributed by atoms with van der Waals surface area (Å²) in [6.45, 7) is 3.93. The Balaban J connectivity index is 2.10. The first-order chi connectivity index (χ1) is 10.7. The smallest absolute Gasteiger partial charge is 0.306 e. The van der Waals surface area contributed by atoms with Crippen molar-refractivity contribution < 1.29 is 14.6 Å². The predicted molar refractivity (Wildman–Crippen MR) is 87.2 cm³/mol. The second-order valence-corrected chi connectivity index (χ2v) is 6.08. The molecule has 0 radical (unpaired) electrons. The lowest BCUT2D eigenvalue weighted by molar-refractivity contribution is -0.143.